The molecule has 7 aromatic carbocycles. The molecule has 0 aliphatic heterocycles. The highest BCUT2D eigenvalue weighted by Gasteiger charge is 2.46. The first-order valence-electron chi connectivity index (χ1n) is 14.5. The summed E-state index contributed by atoms with van der Waals surface area (Å²) in [6.07, 6.45) is 0. The summed E-state index contributed by atoms with van der Waals surface area (Å²) < 4.78 is 2.68. The van der Waals surface area contributed by atoms with Crippen molar-refractivity contribution in [3.8, 4) is 22.3 Å². The third-order valence-electron chi connectivity index (χ3n) is 9.14. The summed E-state index contributed by atoms with van der Waals surface area (Å²) in [5, 5.41) is 5.25. The first kappa shape index (κ1) is 23.7. The molecule has 8 aromatic rings. The van der Waals surface area contributed by atoms with Gasteiger partial charge in [0.15, 0.2) is 0 Å². The van der Waals surface area contributed by atoms with Crippen LogP contribution >= 0.6 is 11.3 Å². The van der Waals surface area contributed by atoms with Gasteiger partial charge < -0.3 is 0 Å². The van der Waals surface area contributed by atoms with Crippen molar-refractivity contribution >= 4 is 42.3 Å². The predicted octanol–water partition coefficient (Wildman–Crippen LogP) is 11.2. The lowest BCUT2D eigenvalue weighted by Crippen LogP contribution is -2.28. The average Bonchev–Trinajstić information content (AvgIpc) is 3.59. The van der Waals surface area contributed by atoms with Crippen molar-refractivity contribution in [3.63, 3.8) is 0 Å². The summed E-state index contributed by atoms with van der Waals surface area (Å²) in [6.45, 7) is 0. The van der Waals surface area contributed by atoms with E-state index in [1.165, 1.54) is 75.5 Å². The molecular formula is C41H26S. The minimum absolute atomic E-state index is 0.399. The highest BCUT2D eigenvalue weighted by molar-refractivity contribution is 7.25. The minimum atomic E-state index is -0.399. The van der Waals surface area contributed by atoms with Gasteiger partial charge in [-0.3, -0.25) is 0 Å². The van der Waals surface area contributed by atoms with Crippen LogP contribution < -0.4 is 0 Å². The van der Waals surface area contributed by atoms with Crippen molar-refractivity contribution in [2.75, 3.05) is 0 Å². The third-order valence-corrected chi connectivity index (χ3v) is 10.3. The van der Waals surface area contributed by atoms with E-state index >= 15 is 0 Å². The molecule has 0 amide bonds. The topological polar surface area (TPSA) is 0 Å². The van der Waals surface area contributed by atoms with E-state index in [2.05, 4.69) is 158 Å². The molecule has 1 aliphatic carbocycles. The van der Waals surface area contributed by atoms with Gasteiger partial charge in [-0.05, 0) is 79.5 Å². The highest BCUT2D eigenvalue weighted by Crippen LogP contribution is 2.58. The van der Waals surface area contributed by atoms with Crippen molar-refractivity contribution < 1.29 is 0 Å². The molecule has 1 heteroatoms. The summed E-state index contributed by atoms with van der Waals surface area (Å²) in [6, 6.07) is 58.5. The van der Waals surface area contributed by atoms with Crippen LogP contribution in [0.1, 0.15) is 22.3 Å². The van der Waals surface area contributed by atoms with Crippen molar-refractivity contribution in [1.29, 1.82) is 0 Å². The molecule has 0 atom stereocenters. The molecule has 0 bridgehead atoms. The monoisotopic (exact) mass is 550 g/mol. The second kappa shape index (κ2) is 9.01. The van der Waals surface area contributed by atoms with Crippen molar-refractivity contribution in [2.45, 2.75) is 5.41 Å². The molecule has 1 aromatic heterocycles. The average molecular weight is 551 g/mol. The molecular weight excluding hydrogens is 525 g/mol. The Bertz CT molecular complexity index is 2250. The summed E-state index contributed by atoms with van der Waals surface area (Å²) >= 11 is 1.87. The van der Waals surface area contributed by atoms with Crippen LogP contribution in [-0.2, 0) is 5.41 Å². The van der Waals surface area contributed by atoms with Crippen LogP contribution in [0.15, 0.2) is 158 Å². The second-order valence-electron chi connectivity index (χ2n) is 11.3. The summed E-state index contributed by atoms with van der Waals surface area (Å²) in [7, 11) is 0. The third kappa shape index (κ3) is 3.23. The molecule has 9 rings (SSSR count). The fraction of sp³-hybridized carbons (Fsp3) is 0.0244. The van der Waals surface area contributed by atoms with Crippen molar-refractivity contribution in [2.24, 2.45) is 0 Å². The summed E-state index contributed by atoms with van der Waals surface area (Å²) in [5.74, 6) is 0. The van der Waals surface area contributed by atoms with E-state index in [-0.39, 0.29) is 0 Å². The van der Waals surface area contributed by atoms with Gasteiger partial charge in [0.2, 0.25) is 0 Å². The number of rotatable bonds is 3. The largest absolute Gasteiger partial charge is 0.135 e. The van der Waals surface area contributed by atoms with Gasteiger partial charge in [0.05, 0.1) is 5.41 Å². The predicted molar refractivity (Wildman–Crippen MR) is 180 cm³/mol. The minimum Gasteiger partial charge on any atom is -0.135 e. The van der Waals surface area contributed by atoms with E-state index in [4.69, 9.17) is 0 Å². The first-order valence-corrected chi connectivity index (χ1v) is 15.3. The standard InChI is InChI=1S/C41H26S/c1-3-11-30(12-4-1)41(31-13-5-2-6-14-31)37-17-9-7-15-33(37)35-23-20-29-25-27(19-22-32(29)40(35)41)28-21-24-39-36(26-28)34-16-8-10-18-38(34)42-39/h1-26H. The van der Waals surface area contributed by atoms with Gasteiger partial charge in [0.25, 0.3) is 0 Å². The number of hydrogen-bond donors (Lipinski definition) is 0. The van der Waals surface area contributed by atoms with Gasteiger partial charge in [0.1, 0.15) is 0 Å². The molecule has 0 fully saturated rings. The SMILES string of the molecule is c1ccc(C2(c3ccccc3)c3ccccc3-c3ccc4cc(-c5ccc6sc7ccccc7c6c5)ccc4c32)cc1. The Morgan fingerprint density at radius 3 is 1.86 bits per heavy atom. The van der Waals surface area contributed by atoms with Gasteiger partial charge in [-0.1, -0.05) is 133 Å². The van der Waals surface area contributed by atoms with E-state index in [1.54, 1.807) is 0 Å². The van der Waals surface area contributed by atoms with E-state index in [0.29, 0.717) is 0 Å². The molecule has 0 unspecified atom stereocenters. The van der Waals surface area contributed by atoms with E-state index < -0.39 is 5.41 Å². The summed E-state index contributed by atoms with van der Waals surface area (Å²) in [5.41, 5.74) is 10.1. The maximum Gasteiger partial charge on any atom is 0.0719 e. The zero-order chi connectivity index (χ0) is 27.7. The van der Waals surface area contributed by atoms with Crippen LogP contribution in [0.4, 0.5) is 0 Å². The molecule has 0 N–H and O–H groups in total. The van der Waals surface area contributed by atoms with Gasteiger partial charge in [0, 0.05) is 20.2 Å². The zero-order valence-corrected chi connectivity index (χ0v) is 23.7. The molecule has 1 heterocycles. The molecule has 0 radical (unpaired) electrons. The summed E-state index contributed by atoms with van der Waals surface area (Å²) in [4.78, 5) is 0. The number of fused-ring (bicyclic) bond motifs is 8. The smallest absolute Gasteiger partial charge is 0.0719 e. The van der Waals surface area contributed by atoms with Crippen LogP contribution in [0, 0.1) is 0 Å². The fourth-order valence-corrected chi connectivity index (χ4v) is 8.45. The molecule has 0 saturated heterocycles. The lowest BCUT2D eigenvalue weighted by molar-refractivity contribution is 0.775. The maximum absolute atomic E-state index is 2.38. The number of thiophene rings is 1. The quantitative estimate of drug-likeness (QED) is 0.205. The van der Waals surface area contributed by atoms with E-state index in [0.717, 1.165) is 0 Å². The van der Waals surface area contributed by atoms with Crippen molar-refractivity contribution in [1.82, 2.24) is 0 Å². The Balaban J connectivity index is 1.32. The Hall–Kier alpha value is -4.98. The van der Waals surface area contributed by atoms with Crippen LogP contribution in [0.2, 0.25) is 0 Å². The molecule has 1 aliphatic rings. The molecule has 196 valence electrons. The first-order chi connectivity index (χ1) is 20.8. The van der Waals surface area contributed by atoms with Gasteiger partial charge in [-0.25, -0.2) is 0 Å². The Kier molecular flexibility index (Phi) is 5.08. The van der Waals surface area contributed by atoms with E-state index in [1.807, 2.05) is 11.3 Å². The normalized spacial score (nSPS) is 13.4. The highest BCUT2D eigenvalue weighted by atomic mass is 32.1. The van der Waals surface area contributed by atoms with Gasteiger partial charge >= 0.3 is 0 Å². The lowest BCUT2D eigenvalue weighted by Gasteiger charge is -2.34. The molecule has 42 heavy (non-hydrogen) atoms. The van der Waals surface area contributed by atoms with Crippen LogP contribution in [0.25, 0.3) is 53.2 Å². The number of hydrogen-bond acceptors (Lipinski definition) is 1. The Labute approximate surface area is 249 Å². The number of benzene rings is 7. The maximum atomic E-state index is 2.38. The van der Waals surface area contributed by atoms with Crippen LogP contribution in [0.5, 0.6) is 0 Å². The molecule has 0 nitrogen and oxygen atoms in total. The molecule has 0 spiro atoms. The zero-order valence-electron chi connectivity index (χ0n) is 22.9. The Morgan fingerprint density at radius 1 is 0.405 bits per heavy atom. The second-order valence-corrected chi connectivity index (χ2v) is 12.3. The van der Waals surface area contributed by atoms with E-state index in [9.17, 15) is 0 Å². The van der Waals surface area contributed by atoms with Crippen LogP contribution in [-0.4, -0.2) is 0 Å². The Morgan fingerprint density at radius 2 is 1.05 bits per heavy atom. The fourth-order valence-electron chi connectivity index (χ4n) is 7.37. The van der Waals surface area contributed by atoms with Crippen molar-refractivity contribution in [3.05, 3.63) is 180 Å². The van der Waals surface area contributed by atoms with Gasteiger partial charge in [-0.2, -0.15) is 0 Å². The van der Waals surface area contributed by atoms with Crippen LogP contribution in [0.3, 0.4) is 0 Å². The molecule has 0 saturated carbocycles. The van der Waals surface area contributed by atoms with Gasteiger partial charge in [-0.15, -0.1) is 11.3 Å². The lowest BCUT2D eigenvalue weighted by atomic mass is 9.66.